The van der Waals surface area contributed by atoms with Crippen LogP contribution in [0, 0.1) is 13.8 Å². The van der Waals surface area contributed by atoms with Gasteiger partial charge in [-0.1, -0.05) is 22.0 Å². The molecule has 0 saturated carbocycles. The smallest absolute Gasteiger partial charge is 0.270 e. The zero-order valence-corrected chi connectivity index (χ0v) is 17.8. The highest BCUT2D eigenvalue weighted by Gasteiger charge is 2.34. The summed E-state index contributed by atoms with van der Waals surface area (Å²) in [5.74, 6) is -0.957. The number of phenols is 1. The average Bonchev–Trinajstić information content (AvgIpc) is 2.59. The molecule has 28 heavy (non-hydrogen) atoms. The van der Waals surface area contributed by atoms with E-state index in [1.165, 1.54) is 30.2 Å². The van der Waals surface area contributed by atoms with E-state index in [1.807, 2.05) is 32.0 Å². The Kier molecular flexibility index (Phi) is 5.53. The van der Waals surface area contributed by atoms with Gasteiger partial charge in [-0.3, -0.25) is 19.8 Å². The molecule has 1 aliphatic heterocycles. The minimum Gasteiger partial charge on any atom is -0.504 e. The minimum absolute atomic E-state index is 0.0273. The van der Waals surface area contributed by atoms with Crippen molar-refractivity contribution in [1.29, 1.82) is 0 Å². The van der Waals surface area contributed by atoms with Crippen LogP contribution in [-0.4, -0.2) is 29.1 Å². The molecule has 144 valence electrons. The lowest BCUT2D eigenvalue weighted by Gasteiger charge is -2.29. The van der Waals surface area contributed by atoms with Crippen LogP contribution in [0.25, 0.3) is 6.08 Å². The van der Waals surface area contributed by atoms with Crippen LogP contribution in [0.4, 0.5) is 5.69 Å². The van der Waals surface area contributed by atoms with Crippen LogP contribution in [0.1, 0.15) is 16.7 Å². The molecule has 6 nitrogen and oxygen atoms in total. The van der Waals surface area contributed by atoms with Crippen molar-refractivity contribution in [3.05, 3.63) is 57.1 Å². The topological polar surface area (TPSA) is 78.9 Å². The predicted octanol–water partition coefficient (Wildman–Crippen LogP) is 3.61. The first kappa shape index (κ1) is 20.0. The van der Waals surface area contributed by atoms with E-state index in [9.17, 15) is 14.7 Å². The van der Waals surface area contributed by atoms with Crippen LogP contribution >= 0.6 is 28.1 Å². The van der Waals surface area contributed by atoms with E-state index in [1.54, 1.807) is 0 Å². The van der Waals surface area contributed by atoms with E-state index in [-0.39, 0.29) is 22.2 Å². The monoisotopic (exact) mass is 460 g/mol. The van der Waals surface area contributed by atoms with Crippen molar-refractivity contribution in [3.63, 3.8) is 0 Å². The third-order valence-corrected chi connectivity index (χ3v) is 5.14. The quantitative estimate of drug-likeness (QED) is 0.415. The molecule has 0 unspecified atom stereocenters. The lowest BCUT2D eigenvalue weighted by molar-refractivity contribution is -0.122. The maximum absolute atomic E-state index is 13.1. The molecule has 0 aromatic heterocycles. The Morgan fingerprint density at radius 2 is 1.79 bits per heavy atom. The number of hydrogen-bond acceptors (Lipinski definition) is 5. The van der Waals surface area contributed by atoms with E-state index in [0.29, 0.717) is 15.7 Å². The molecule has 2 N–H and O–H groups in total. The number of thiocarbonyl (C=S) groups is 1. The summed E-state index contributed by atoms with van der Waals surface area (Å²) >= 11 is 8.56. The Bertz CT molecular complexity index is 1030. The van der Waals surface area contributed by atoms with Gasteiger partial charge in [-0.2, -0.15) is 0 Å². The fraction of sp³-hybridized carbons (Fsp3) is 0.150. The molecule has 0 spiro atoms. The largest absolute Gasteiger partial charge is 0.504 e. The molecular weight excluding hydrogens is 444 g/mol. The number of nitrogens with one attached hydrogen (secondary N) is 1. The van der Waals surface area contributed by atoms with Gasteiger partial charge < -0.3 is 9.84 Å². The van der Waals surface area contributed by atoms with Gasteiger partial charge >= 0.3 is 0 Å². The van der Waals surface area contributed by atoms with E-state index in [4.69, 9.17) is 17.0 Å². The molecular formula is C20H17BrN2O4S. The van der Waals surface area contributed by atoms with E-state index >= 15 is 0 Å². The Morgan fingerprint density at radius 3 is 2.39 bits per heavy atom. The van der Waals surface area contributed by atoms with Gasteiger partial charge in [-0.15, -0.1) is 0 Å². The summed E-state index contributed by atoms with van der Waals surface area (Å²) < 4.78 is 5.61. The standard InChI is InChI=1S/C20H17BrN2O4S/c1-10-4-11(2)6-13(5-10)23-19(26)14(18(25)22-20(23)28)7-12-8-17(27-3)16(24)9-15(12)21/h4-9,24H,1-3H3,(H,22,25,28). The highest BCUT2D eigenvalue weighted by molar-refractivity contribution is 9.10. The van der Waals surface area contributed by atoms with Gasteiger partial charge in [-0.25, -0.2) is 0 Å². The van der Waals surface area contributed by atoms with Crippen molar-refractivity contribution in [2.75, 3.05) is 12.0 Å². The molecule has 2 aromatic carbocycles. The van der Waals surface area contributed by atoms with Crippen LogP contribution in [0.2, 0.25) is 0 Å². The lowest BCUT2D eigenvalue weighted by Crippen LogP contribution is -2.54. The van der Waals surface area contributed by atoms with Crippen molar-refractivity contribution >= 4 is 56.8 Å². The number of hydrogen-bond donors (Lipinski definition) is 2. The summed E-state index contributed by atoms with van der Waals surface area (Å²) in [4.78, 5) is 26.9. The number of carbonyl (C=O) groups is 2. The molecule has 1 aliphatic rings. The highest BCUT2D eigenvalue weighted by atomic mass is 79.9. The molecule has 0 bridgehead atoms. The summed E-state index contributed by atoms with van der Waals surface area (Å²) in [5.41, 5.74) is 2.95. The first-order valence-corrected chi connectivity index (χ1v) is 9.47. The van der Waals surface area contributed by atoms with E-state index in [2.05, 4.69) is 21.2 Å². The van der Waals surface area contributed by atoms with Crippen LogP contribution in [0.5, 0.6) is 11.5 Å². The van der Waals surface area contributed by atoms with Crippen LogP contribution in [0.15, 0.2) is 40.4 Å². The number of aromatic hydroxyl groups is 1. The first-order valence-electron chi connectivity index (χ1n) is 8.27. The Morgan fingerprint density at radius 1 is 1.14 bits per heavy atom. The van der Waals surface area contributed by atoms with Crippen LogP contribution < -0.4 is 15.0 Å². The molecule has 0 radical (unpaired) electrons. The van der Waals surface area contributed by atoms with Crippen molar-refractivity contribution in [2.24, 2.45) is 0 Å². The SMILES string of the molecule is COc1cc(C=C2C(=O)NC(=S)N(c3cc(C)cc(C)c3)C2=O)c(Br)cc1O. The second kappa shape index (κ2) is 7.73. The Balaban J connectivity index is 2.09. The van der Waals surface area contributed by atoms with Gasteiger partial charge in [0.05, 0.1) is 12.8 Å². The third-order valence-electron chi connectivity index (χ3n) is 4.16. The number of ether oxygens (including phenoxy) is 1. The number of benzene rings is 2. The molecule has 0 aliphatic carbocycles. The number of carbonyl (C=O) groups excluding carboxylic acids is 2. The number of nitrogens with zero attached hydrogens (tertiary/aromatic N) is 1. The number of halogens is 1. The number of aryl methyl sites for hydroxylation is 2. The van der Waals surface area contributed by atoms with Crippen LogP contribution in [-0.2, 0) is 9.59 Å². The van der Waals surface area contributed by atoms with Crippen molar-refractivity contribution in [2.45, 2.75) is 13.8 Å². The second-order valence-electron chi connectivity index (χ2n) is 6.35. The summed E-state index contributed by atoms with van der Waals surface area (Å²) in [6.07, 6.45) is 1.43. The molecule has 1 heterocycles. The summed E-state index contributed by atoms with van der Waals surface area (Å²) in [6.45, 7) is 3.84. The molecule has 2 aromatic rings. The van der Waals surface area contributed by atoms with Gasteiger partial charge in [0.2, 0.25) is 0 Å². The summed E-state index contributed by atoms with van der Waals surface area (Å²) in [7, 11) is 1.42. The van der Waals surface area contributed by atoms with Gasteiger partial charge in [0.25, 0.3) is 11.8 Å². The number of phenolic OH excluding ortho intramolecular Hbond substituents is 1. The first-order chi connectivity index (χ1) is 13.2. The van der Waals surface area contributed by atoms with Crippen molar-refractivity contribution in [3.8, 4) is 11.5 Å². The fourth-order valence-electron chi connectivity index (χ4n) is 2.96. The maximum atomic E-state index is 13.1. The highest BCUT2D eigenvalue weighted by Crippen LogP contribution is 2.34. The molecule has 3 rings (SSSR count). The molecule has 1 saturated heterocycles. The Labute approximate surface area is 175 Å². The predicted molar refractivity (Wildman–Crippen MR) is 114 cm³/mol. The molecule has 8 heteroatoms. The zero-order chi connectivity index (χ0) is 20.6. The van der Waals surface area contributed by atoms with E-state index < -0.39 is 11.8 Å². The lowest BCUT2D eigenvalue weighted by atomic mass is 10.1. The number of anilines is 1. The van der Waals surface area contributed by atoms with Gasteiger partial charge in [-0.05, 0) is 73.1 Å². The Hall–Kier alpha value is -2.71. The summed E-state index contributed by atoms with van der Waals surface area (Å²) in [6, 6.07) is 8.59. The normalized spacial score (nSPS) is 15.8. The van der Waals surface area contributed by atoms with Gasteiger partial charge in [0.15, 0.2) is 16.6 Å². The van der Waals surface area contributed by atoms with Crippen molar-refractivity contribution < 1.29 is 19.4 Å². The second-order valence-corrected chi connectivity index (χ2v) is 7.59. The fourth-order valence-corrected chi connectivity index (χ4v) is 3.69. The molecule has 0 atom stereocenters. The minimum atomic E-state index is -0.588. The summed E-state index contributed by atoms with van der Waals surface area (Å²) in [5, 5.41) is 12.4. The number of amides is 2. The number of rotatable bonds is 3. The maximum Gasteiger partial charge on any atom is 0.270 e. The van der Waals surface area contributed by atoms with Gasteiger partial charge in [0.1, 0.15) is 5.57 Å². The zero-order valence-electron chi connectivity index (χ0n) is 15.4. The molecule has 1 fully saturated rings. The number of methoxy groups -OCH3 is 1. The van der Waals surface area contributed by atoms with Crippen LogP contribution in [0.3, 0.4) is 0 Å². The van der Waals surface area contributed by atoms with Gasteiger partial charge in [0, 0.05) is 4.47 Å². The van der Waals surface area contributed by atoms with Crippen molar-refractivity contribution in [1.82, 2.24) is 5.32 Å². The van der Waals surface area contributed by atoms with E-state index in [0.717, 1.165) is 11.1 Å². The average molecular weight is 461 g/mol. The third kappa shape index (κ3) is 3.79. The molecule has 2 amide bonds.